The van der Waals surface area contributed by atoms with E-state index in [0.29, 0.717) is 27.1 Å². The summed E-state index contributed by atoms with van der Waals surface area (Å²) in [7, 11) is 1.58. The highest BCUT2D eigenvalue weighted by atomic mass is 35.5. The molecule has 0 amide bonds. The molecule has 0 aliphatic rings. The molecule has 0 saturated heterocycles. The average Bonchev–Trinajstić information content (AvgIpc) is 2.75. The van der Waals surface area contributed by atoms with Gasteiger partial charge in [0, 0.05) is 18.1 Å². The van der Waals surface area contributed by atoms with Crippen LogP contribution in [0.1, 0.15) is 39.3 Å². The van der Waals surface area contributed by atoms with Crippen molar-refractivity contribution in [3.63, 3.8) is 0 Å². The lowest BCUT2D eigenvalue weighted by Gasteiger charge is -2.18. The molecular formula is C23H28Cl2N6O2. The Morgan fingerprint density at radius 2 is 1.70 bits per heavy atom. The van der Waals surface area contributed by atoms with E-state index in [1.165, 1.54) is 13.8 Å². The molecule has 176 valence electrons. The van der Waals surface area contributed by atoms with Crippen molar-refractivity contribution in [1.29, 1.82) is 0 Å². The predicted molar refractivity (Wildman–Crippen MR) is 132 cm³/mol. The predicted octanol–water partition coefficient (Wildman–Crippen LogP) is 3.65. The van der Waals surface area contributed by atoms with Crippen LogP contribution < -0.4 is 27.5 Å². The van der Waals surface area contributed by atoms with Gasteiger partial charge in [0.15, 0.2) is 0 Å². The fraction of sp³-hybridized carbons (Fsp3) is 0.348. The molecule has 2 N–H and O–H groups in total. The Kier molecular flexibility index (Phi) is 7.71. The molecule has 10 heteroatoms. The molecular weight excluding hydrogens is 463 g/mol. The minimum atomic E-state index is -0.285. The number of halogens is 2. The largest absolute Gasteiger partial charge is 0.489 e. The molecule has 0 fully saturated rings. The number of rotatable bonds is 6. The molecule has 0 atom stereocenters. The third-order valence-electron chi connectivity index (χ3n) is 4.80. The van der Waals surface area contributed by atoms with E-state index in [9.17, 15) is 4.79 Å². The molecule has 8 nitrogen and oxygen atoms in total. The lowest BCUT2D eigenvalue weighted by Crippen LogP contribution is -2.58. The lowest BCUT2D eigenvalue weighted by molar-refractivity contribution is 0.242. The summed E-state index contributed by atoms with van der Waals surface area (Å²) in [5.74, 6) is 6.99. The first kappa shape index (κ1) is 24.7. The van der Waals surface area contributed by atoms with Crippen molar-refractivity contribution in [2.24, 2.45) is 9.98 Å². The van der Waals surface area contributed by atoms with Crippen LogP contribution >= 0.6 is 23.2 Å². The summed E-state index contributed by atoms with van der Waals surface area (Å²) in [6.07, 6.45) is -0.0182. The van der Waals surface area contributed by atoms with Crippen LogP contribution in [0.5, 0.6) is 5.75 Å². The number of nitrogen functional groups attached to an aromatic ring is 1. The van der Waals surface area contributed by atoms with E-state index in [0.717, 1.165) is 5.56 Å². The molecule has 2 aromatic carbocycles. The van der Waals surface area contributed by atoms with Gasteiger partial charge in [-0.15, -0.1) is 0 Å². The quantitative estimate of drug-likeness (QED) is 0.534. The van der Waals surface area contributed by atoms with Crippen molar-refractivity contribution >= 4 is 28.9 Å². The highest BCUT2D eigenvalue weighted by Crippen LogP contribution is 2.29. The van der Waals surface area contributed by atoms with Gasteiger partial charge in [0.05, 0.1) is 23.4 Å². The van der Waals surface area contributed by atoms with Crippen molar-refractivity contribution in [3.8, 4) is 5.75 Å². The van der Waals surface area contributed by atoms with E-state index in [2.05, 4.69) is 9.98 Å². The van der Waals surface area contributed by atoms with E-state index < -0.39 is 0 Å². The number of aromatic nitrogens is 3. The van der Waals surface area contributed by atoms with Gasteiger partial charge in [-0.1, -0.05) is 35.3 Å². The number of ether oxygens (including phenoxy) is 1. The normalized spacial score (nSPS) is 12.8. The summed E-state index contributed by atoms with van der Waals surface area (Å²) in [6, 6.07) is 12.3. The third kappa shape index (κ3) is 5.51. The first-order valence-corrected chi connectivity index (χ1v) is 11.3. The smallest absolute Gasteiger partial charge is 0.334 e. The molecule has 3 aromatic rings. The zero-order chi connectivity index (χ0) is 24.3. The Morgan fingerprint density at radius 1 is 1.03 bits per heavy atom. The van der Waals surface area contributed by atoms with E-state index >= 15 is 0 Å². The Balaban J connectivity index is 2.29. The molecule has 0 saturated carbocycles. The van der Waals surface area contributed by atoms with Crippen molar-refractivity contribution in [2.45, 2.75) is 46.4 Å². The van der Waals surface area contributed by atoms with Crippen LogP contribution in [0.3, 0.4) is 0 Å². The lowest BCUT2D eigenvalue weighted by atomic mass is 10.2. The van der Waals surface area contributed by atoms with Crippen LogP contribution in [0.4, 0.5) is 5.69 Å². The molecule has 0 aliphatic carbocycles. The fourth-order valence-electron chi connectivity index (χ4n) is 3.35. The Hall–Kier alpha value is -2.97. The molecule has 3 rings (SSSR count). The van der Waals surface area contributed by atoms with Gasteiger partial charge in [0.25, 0.3) is 0 Å². The van der Waals surface area contributed by atoms with Crippen molar-refractivity contribution in [2.75, 3.05) is 12.9 Å². The fourth-order valence-corrected chi connectivity index (χ4v) is 3.70. The van der Waals surface area contributed by atoms with Crippen LogP contribution in [0.2, 0.25) is 10.0 Å². The Bertz CT molecular complexity index is 1340. The van der Waals surface area contributed by atoms with E-state index in [4.69, 9.17) is 33.8 Å². The molecule has 0 aliphatic heterocycles. The highest BCUT2D eigenvalue weighted by molar-refractivity contribution is 6.32. The third-order valence-corrected chi connectivity index (χ3v) is 5.35. The van der Waals surface area contributed by atoms with Gasteiger partial charge in [0.1, 0.15) is 5.75 Å². The highest BCUT2D eigenvalue weighted by Gasteiger charge is 2.15. The number of benzene rings is 2. The van der Waals surface area contributed by atoms with E-state index in [1.54, 1.807) is 37.4 Å². The van der Waals surface area contributed by atoms with E-state index in [1.807, 2.05) is 39.8 Å². The monoisotopic (exact) mass is 490 g/mol. The van der Waals surface area contributed by atoms with Gasteiger partial charge in [-0.3, -0.25) is 14.1 Å². The second-order valence-corrected chi connectivity index (χ2v) is 8.89. The van der Waals surface area contributed by atoms with Crippen LogP contribution in [0, 0.1) is 0 Å². The molecule has 0 radical (unpaired) electrons. The molecule has 0 bridgehead atoms. The van der Waals surface area contributed by atoms with Crippen LogP contribution in [0.15, 0.2) is 57.2 Å². The van der Waals surface area contributed by atoms with Gasteiger partial charge in [0.2, 0.25) is 11.2 Å². The number of hydrogen-bond acceptors (Lipinski definition) is 5. The Labute approximate surface area is 202 Å². The maximum Gasteiger partial charge on any atom is 0.334 e. The number of nitrogens with two attached hydrogens (primary N) is 1. The second kappa shape index (κ2) is 10.3. The zero-order valence-electron chi connectivity index (χ0n) is 19.3. The first-order chi connectivity index (χ1) is 15.6. The van der Waals surface area contributed by atoms with Gasteiger partial charge < -0.3 is 10.6 Å². The van der Waals surface area contributed by atoms with Gasteiger partial charge in [-0.2, -0.15) is 4.68 Å². The summed E-state index contributed by atoms with van der Waals surface area (Å²) < 4.78 is 10.0. The SMILES string of the molecule is C/N=c1\n(C(C)C)c(=O)n(Cc2ccc(Cl)cc2)/c(=N/c2ccc(OC(C)C)c(Cl)c2)n1N. The van der Waals surface area contributed by atoms with Gasteiger partial charge in [-0.25, -0.2) is 9.79 Å². The average molecular weight is 491 g/mol. The molecule has 1 heterocycles. The summed E-state index contributed by atoms with van der Waals surface area (Å²) in [5, 5.41) is 1.02. The van der Waals surface area contributed by atoms with Gasteiger partial charge in [-0.05, 0) is 63.6 Å². The van der Waals surface area contributed by atoms with Crippen molar-refractivity contribution in [1.82, 2.24) is 13.8 Å². The second-order valence-electron chi connectivity index (χ2n) is 8.05. The maximum absolute atomic E-state index is 13.5. The van der Waals surface area contributed by atoms with Crippen molar-refractivity contribution < 1.29 is 4.74 Å². The number of nitrogens with zero attached hydrogens (tertiary/aromatic N) is 5. The molecule has 0 unspecified atom stereocenters. The number of hydrogen-bond donors (Lipinski definition) is 1. The standard InChI is InChI=1S/C23H28Cl2N6O2/c1-14(2)30-21(27-5)31(26)22(28-18-10-11-20(19(25)12-18)33-15(3)4)29(23(30)32)13-16-6-8-17(24)9-7-16/h6-12,14-15H,13,26H2,1-5H3/b27-21+,28-22-. The summed E-state index contributed by atoms with van der Waals surface area (Å²) >= 11 is 12.4. The van der Waals surface area contributed by atoms with E-state index in [-0.39, 0.29) is 30.0 Å². The summed E-state index contributed by atoms with van der Waals surface area (Å²) in [6.45, 7) is 7.88. The minimum Gasteiger partial charge on any atom is -0.489 e. The minimum absolute atomic E-state index is 0.0182. The summed E-state index contributed by atoms with van der Waals surface area (Å²) in [5.41, 5.74) is 1.62. The van der Waals surface area contributed by atoms with Crippen LogP contribution in [-0.4, -0.2) is 27.0 Å². The molecule has 1 aromatic heterocycles. The Morgan fingerprint density at radius 3 is 2.24 bits per heavy atom. The van der Waals surface area contributed by atoms with Crippen molar-refractivity contribution in [3.05, 3.63) is 79.8 Å². The zero-order valence-corrected chi connectivity index (χ0v) is 20.8. The maximum atomic E-state index is 13.5. The molecule has 33 heavy (non-hydrogen) atoms. The summed E-state index contributed by atoms with van der Waals surface area (Å²) in [4.78, 5) is 22.4. The molecule has 0 spiro atoms. The first-order valence-electron chi connectivity index (χ1n) is 10.5. The topological polar surface area (TPSA) is 91.8 Å². The van der Waals surface area contributed by atoms with Gasteiger partial charge >= 0.3 is 5.69 Å². The van der Waals surface area contributed by atoms with Crippen LogP contribution in [-0.2, 0) is 6.54 Å². The van der Waals surface area contributed by atoms with Crippen LogP contribution in [0.25, 0.3) is 0 Å².